The summed E-state index contributed by atoms with van der Waals surface area (Å²) in [4.78, 5) is 0. The van der Waals surface area contributed by atoms with Gasteiger partial charge in [-0.25, -0.2) is 4.39 Å². The molecule has 0 bridgehead atoms. The molecular formula is C16H24FNO. The predicted octanol–water partition coefficient (Wildman–Crippen LogP) is 4.21. The van der Waals surface area contributed by atoms with Crippen molar-refractivity contribution in [3.05, 3.63) is 29.6 Å². The molecule has 0 spiro atoms. The van der Waals surface area contributed by atoms with Gasteiger partial charge in [-0.2, -0.15) is 0 Å². The van der Waals surface area contributed by atoms with Crippen molar-refractivity contribution in [2.75, 3.05) is 7.11 Å². The molecule has 2 rings (SSSR count). The van der Waals surface area contributed by atoms with Crippen LogP contribution in [-0.2, 0) is 0 Å². The number of nitrogens with one attached hydrogen (secondary N) is 1. The Kier molecular flexibility index (Phi) is 5.20. The number of halogens is 1. The first-order valence-corrected chi connectivity index (χ1v) is 7.30. The fourth-order valence-electron chi connectivity index (χ4n) is 2.85. The fraction of sp³-hybridized carbons (Fsp3) is 0.625. The van der Waals surface area contributed by atoms with Crippen molar-refractivity contribution in [3.63, 3.8) is 0 Å². The second-order valence-corrected chi connectivity index (χ2v) is 5.47. The minimum absolute atomic E-state index is 0.184. The molecule has 1 aromatic carbocycles. The van der Waals surface area contributed by atoms with Crippen LogP contribution in [0.25, 0.3) is 0 Å². The first kappa shape index (κ1) is 14.3. The Labute approximate surface area is 115 Å². The standard InChI is InChI=1S/C16H24FNO/c1-12(18-14-7-5-3-4-6-8-14)13-9-10-16(19-2)15(17)11-13/h9-12,14,18H,3-8H2,1-2H3. The summed E-state index contributed by atoms with van der Waals surface area (Å²) < 4.78 is 18.7. The molecule has 1 aliphatic rings. The van der Waals surface area contributed by atoms with Gasteiger partial charge in [0.15, 0.2) is 11.6 Å². The summed E-state index contributed by atoms with van der Waals surface area (Å²) in [5, 5.41) is 3.63. The van der Waals surface area contributed by atoms with Crippen LogP contribution in [0.3, 0.4) is 0 Å². The molecule has 2 nitrogen and oxygen atoms in total. The van der Waals surface area contributed by atoms with Crippen LogP contribution < -0.4 is 10.1 Å². The van der Waals surface area contributed by atoms with Crippen molar-refractivity contribution in [1.82, 2.24) is 5.32 Å². The average molecular weight is 265 g/mol. The van der Waals surface area contributed by atoms with Crippen LogP contribution in [-0.4, -0.2) is 13.2 Å². The Bertz CT molecular complexity index is 400. The molecule has 0 heterocycles. The van der Waals surface area contributed by atoms with Gasteiger partial charge in [0.1, 0.15) is 0 Å². The Morgan fingerprint density at radius 3 is 2.47 bits per heavy atom. The van der Waals surface area contributed by atoms with Gasteiger partial charge >= 0.3 is 0 Å². The quantitative estimate of drug-likeness (QED) is 0.823. The Balaban J connectivity index is 1.98. The number of methoxy groups -OCH3 is 1. The zero-order valence-electron chi connectivity index (χ0n) is 11.9. The highest BCUT2D eigenvalue weighted by atomic mass is 19.1. The summed E-state index contributed by atoms with van der Waals surface area (Å²) >= 11 is 0. The molecule has 0 amide bonds. The molecule has 3 heteroatoms. The van der Waals surface area contributed by atoms with E-state index in [2.05, 4.69) is 12.2 Å². The lowest BCUT2D eigenvalue weighted by Crippen LogP contribution is -2.31. The molecule has 1 N–H and O–H groups in total. The van der Waals surface area contributed by atoms with Crippen molar-refractivity contribution in [3.8, 4) is 5.75 Å². The number of rotatable bonds is 4. The van der Waals surface area contributed by atoms with Crippen molar-refractivity contribution >= 4 is 0 Å². The monoisotopic (exact) mass is 265 g/mol. The molecule has 0 saturated heterocycles. The fourth-order valence-corrected chi connectivity index (χ4v) is 2.85. The highest BCUT2D eigenvalue weighted by Gasteiger charge is 2.16. The molecule has 1 aliphatic carbocycles. The molecule has 1 fully saturated rings. The largest absolute Gasteiger partial charge is 0.494 e. The van der Waals surface area contributed by atoms with Gasteiger partial charge in [0.2, 0.25) is 0 Å². The Morgan fingerprint density at radius 1 is 1.21 bits per heavy atom. The van der Waals surface area contributed by atoms with E-state index in [4.69, 9.17) is 4.74 Å². The maximum Gasteiger partial charge on any atom is 0.165 e. The zero-order valence-corrected chi connectivity index (χ0v) is 11.9. The third kappa shape index (κ3) is 3.93. The van der Waals surface area contributed by atoms with E-state index in [9.17, 15) is 4.39 Å². The minimum atomic E-state index is -0.283. The van der Waals surface area contributed by atoms with Gasteiger partial charge in [0.25, 0.3) is 0 Å². The summed E-state index contributed by atoms with van der Waals surface area (Å²) in [6.45, 7) is 2.10. The number of ether oxygens (including phenoxy) is 1. The van der Waals surface area contributed by atoms with Crippen LogP contribution in [0.5, 0.6) is 5.75 Å². The normalized spacial score (nSPS) is 18.9. The highest BCUT2D eigenvalue weighted by molar-refractivity contribution is 5.30. The van der Waals surface area contributed by atoms with E-state index < -0.39 is 0 Å². The summed E-state index contributed by atoms with van der Waals surface area (Å²) in [6, 6.07) is 5.98. The summed E-state index contributed by atoms with van der Waals surface area (Å²) in [5.41, 5.74) is 0.988. The maximum atomic E-state index is 13.7. The van der Waals surface area contributed by atoms with Crippen LogP contribution in [0, 0.1) is 5.82 Å². The molecule has 19 heavy (non-hydrogen) atoms. The van der Waals surface area contributed by atoms with Crippen LogP contribution in [0.15, 0.2) is 18.2 Å². The third-order valence-electron chi connectivity index (χ3n) is 4.02. The van der Waals surface area contributed by atoms with E-state index in [0.29, 0.717) is 11.8 Å². The summed E-state index contributed by atoms with van der Waals surface area (Å²) in [5.74, 6) is 0.0277. The molecule has 1 aromatic rings. The lowest BCUT2D eigenvalue weighted by atomic mass is 10.0. The van der Waals surface area contributed by atoms with E-state index in [-0.39, 0.29) is 11.9 Å². The first-order chi connectivity index (χ1) is 9.20. The van der Waals surface area contributed by atoms with E-state index in [1.165, 1.54) is 45.6 Å². The van der Waals surface area contributed by atoms with Crippen molar-refractivity contribution < 1.29 is 9.13 Å². The number of benzene rings is 1. The maximum absolute atomic E-state index is 13.7. The van der Waals surface area contributed by atoms with Gasteiger partial charge in [-0.15, -0.1) is 0 Å². The zero-order chi connectivity index (χ0) is 13.7. The van der Waals surface area contributed by atoms with Crippen molar-refractivity contribution in [1.29, 1.82) is 0 Å². The first-order valence-electron chi connectivity index (χ1n) is 7.30. The van der Waals surface area contributed by atoms with Gasteiger partial charge in [0.05, 0.1) is 7.11 Å². The SMILES string of the molecule is COc1ccc(C(C)NC2CCCCCC2)cc1F. The predicted molar refractivity (Wildman–Crippen MR) is 76.0 cm³/mol. The lowest BCUT2D eigenvalue weighted by Gasteiger charge is -2.22. The summed E-state index contributed by atoms with van der Waals surface area (Å²) in [6.07, 6.45) is 7.79. The smallest absolute Gasteiger partial charge is 0.165 e. The molecule has 1 atom stereocenters. The van der Waals surface area contributed by atoms with Gasteiger partial charge in [-0.05, 0) is 37.5 Å². The molecule has 1 saturated carbocycles. The molecule has 106 valence electrons. The van der Waals surface area contributed by atoms with Crippen LogP contribution in [0.2, 0.25) is 0 Å². The van der Waals surface area contributed by atoms with E-state index in [0.717, 1.165) is 5.56 Å². The van der Waals surface area contributed by atoms with Gasteiger partial charge in [-0.3, -0.25) is 0 Å². The second-order valence-electron chi connectivity index (χ2n) is 5.47. The molecular weight excluding hydrogens is 241 g/mol. The minimum Gasteiger partial charge on any atom is -0.494 e. The van der Waals surface area contributed by atoms with Gasteiger partial charge in [0, 0.05) is 12.1 Å². The molecule has 0 aromatic heterocycles. The average Bonchev–Trinajstić information content (AvgIpc) is 2.67. The second kappa shape index (κ2) is 6.90. The Morgan fingerprint density at radius 2 is 1.89 bits per heavy atom. The molecule has 1 unspecified atom stereocenters. The molecule has 0 aliphatic heterocycles. The van der Waals surface area contributed by atoms with Crippen molar-refractivity contribution in [2.45, 2.75) is 57.5 Å². The van der Waals surface area contributed by atoms with Gasteiger partial charge < -0.3 is 10.1 Å². The van der Waals surface area contributed by atoms with E-state index >= 15 is 0 Å². The topological polar surface area (TPSA) is 21.3 Å². The van der Waals surface area contributed by atoms with Crippen molar-refractivity contribution in [2.24, 2.45) is 0 Å². The summed E-state index contributed by atoms with van der Waals surface area (Å²) in [7, 11) is 1.49. The third-order valence-corrected chi connectivity index (χ3v) is 4.02. The van der Waals surface area contributed by atoms with Crippen LogP contribution in [0.1, 0.15) is 57.1 Å². The van der Waals surface area contributed by atoms with E-state index in [1.54, 1.807) is 12.1 Å². The lowest BCUT2D eigenvalue weighted by molar-refractivity contribution is 0.383. The Hall–Kier alpha value is -1.09. The van der Waals surface area contributed by atoms with Gasteiger partial charge in [-0.1, -0.05) is 31.7 Å². The number of hydrogen-bond acceptors (Lipinski definition) is 2. The number of hydrogen-bond donors (Lipinski definition) is 1. The van der Waals surface area contributed by atoms with Crippen LogP contribution >= 0.6 is 0 Å². The highest BCUT2D eigenvalue weighted by Crippen LogP contribution is 2.24. The van der Waals surface area contributed by atoms with Crippen LogP contribution in [0.4, 0.5) is 4.39 Å². The van der Waals surface area contributed by atoms with E-state index in [1.807, 2.05) is 6.07 Å². The molecule has 0 radical (unpaired) electrons.